The lowest BCUT2D eigenvalue weighted by Crippen LogP contribution is -2.14. The van der Waals surface area contributed by atoms with Gasteiger partial charge in [-0.3, -0.25) is 9.13 Å². The van der Waals surface area contributed by atoms with E-state index in [-0.39, 0.29) is 5.76 Å². The molecule has 4 aromatic rings. The summed E-state index contributed by atoms with van der Waals surface area (Å²) >= 11 is 1.64. The Morgan fingerprint density at radius 1 is 1.15 bits per heavy atom. The Bertz CT molecular complexity index is 1140. The highest BCUT2D eigenvalue weighted by Crippen LogP contribution is 2.23. The summed E-state index contributed by atoms with van der Waals surface area (Å²) in [6, 6.07) is 13.8. The Labute approximate surface area is 160 Å². The van der Waals surface area contributed by atoms with E-state index in [4.69, 9.17) is 4.42 Å². The van der Waals surface area contributed by atoms with Gasteiger partial charge in [0, 0.05) is 12.3 Å². The van der Waals surface area contributed by atoms with Crippen molar-refractivity contribution < 1.29 is 4.42 Å². The highest BCUT2D eigenvalue weighted by Gasteiger charge is 2.11. The number of fused-ring (bicyclic) bond motifs is 1. The Morgan fingerprint density at radius 3 is 2.85 bits per heavy atom. The molecule has 0 saturated carbocycles. The molecular formula is C20H20N4O2S. The number of benzene rings is 2. The number of hydrogen-bond donors (Lipinski definition) is 0. The molecule has 0 unspecified atom stereocenters. The number of rotatable bonds is 6. The van der Waals surface area contributed by atoms with Crippen LogP contribution in [0.15, 0.2) is 63.2 Å². The van der Waals surface area contributed by atoms with Gasteiger partial charge in [0.25, 0.3) is 0 Å². The second-order valence-corrected chi connectivity index (χ2v) is 7.52. The zero-order chi connectivity index (χ0) is 18.8. The number of aromatic nitrogens is 4. The van der Waals surface area contributed by atoms with E-state index in [1.807, 2.05) is 28.8 Å². The fourth-order valence-electron chi connectivity index (χ4n) is 3.18. The van der Waals surface area contributed by atoms with Gasteiger partial charge in [-0.05, 0) is 44.0 Å². The van der Waals surface area contributed by atoms with Crippen LogP contribution in [0.1, 0.15) is 17.5 Å². The van der Waals surface area contributed by atoms with Crippen molar-refractivity contribution in [2.75, 3.05) is 5.75 Å². The van der Waals surface area contributed by atoms with Crippen molar-refractivity contribution in [1.29, 1.82) is 0 Å². The summed E-state index contributed by atoms with van der Waals surface area (Å²) in [5, 5.41) is 9.17. The maximum absolute atomic E-state index is 12.0. The number of nitrogens with zero attached hydrogens (tertiary/aromatic N) is 4. The van der Waals surface area contributed by atoms with Gasteiger partial charge in [0.2, 0.25) is 0 Å². The third-order valence-corrected chi connectivity index (χ3v) is 5.49. The lowest BCUT2D eigenvalue weighted by atomic mass is 10.1. The lowest BCUT2D eigenvalue weighted by Gasteiger charge is -2.10. The first-order chi connectivity index (χ1) is 13.1. The summed E-state index contributed by atoms with van der Waals surface area (Å²) in [5.41, 5.74) is 4.98. The highest BCUT2D eigenvalue weighted by atomic mass is 32.2. The summed E-state index contributed by atoms with van der Waals surface area (Å²) in [7, 11) is 0. The van der Waals surface area contributed by atoms with Crippen LogP contribution in [0.5, 0.6) is 0 Å². The average molecular weight is 380 g/mol. The molecule has 0 aliphatic heterocycles. The van der Waals surface area contributed by atoms with E-state index >= 15 is 0 Å². The van der Waals surface area contributed by atoms with Crippen molar-refractivity contribution in [2.45, 2.75) is 32.0 Å². The second-order valence-electron chi connectivity index (χ2n) is 6.46. The summed E-state index contributed by atoms with van der Waals surface area (Å²) in [6.07, 6.45) is 2.57. The van der Waals surface area contributed by atoms with Crippen LogP contribution in [0, 0.1) is 13.8 Å². The molecule has 2 aromatic heterocycles. The first kappa shape index (κ1) is 17.6. The van der Waals surface area contributed by atoms with Gasteiger partial charge in [-0.15, -0.1) is 10.2 Å². The monoisotopic (exact) mass is 380 g/mol. The van der Waals surface area contributed by atoms with Crippen molar-refractivity contribution in [2.24, 2.45) is 0 Å². The Kier molecular flexibility index (Phi) is 4.85. The molecule has 4 rings (SSSR count). The van der Waals surface area contributed by atoms with Crippen molar-refractivity contribution >= 4 is 22.9 Å². The van der Waals surface area contributed by atoms with Crippen molar-refractivity contribution in [1.82, 2.24) is 19.3 Å². The number of thioether (sulfide) groups is 1. The van der Waals surface area contributed by atoms with Gasteiger partial charge < -0.3 is 4.42 Å². The van der Waals surface area contributed by atoms with Crippen LogP contribution in [0.2, 0.25) is 0 Å². The SMILES string of the molecule is Cc1ccc(-n2cnnc2SCCCn2c(=O)oc3ccccc32)c(C)c1. The van der Waals surface area contributed by atoms with Gasteiger partial charge >= 0.3 is 5.76 Å². The smallest absolute Gasteiger partial charge is 0.408 e. The maximum atomic E-state index is 12.0. The van der Waals surface area contributed by atoms with Crippen LogP contribution >= 0.6 is 11.8 Å². The largest absolute Gasteiger partial charge is 0.419 e. The molecular weight excluding hydrogens is 360 g/mol. The van der Waals surface area contributed by atoms with E-state index in [1.54, 1.807) is 22.7 Å². The lowest BCUT2D eigenvalue weighted by molar-refractivity contribution is 0.503. The third kappa shape index (κ3) is 3.55. The van der Waals surface area contributed by atoms with E-state index in [0.717, 1.165) is 28.5 Å². The predicted molar refractivity (Wildman–Crippen MR) is 107 cm³/mol. The van der Waals surface area contributed by atoms with Crippen LogP contribution in [0.25, 0.3) is 16.8 Å². The molecule has 6 nitrogen and oxygen atoms in total. The second kappa shape index (κ2) is 7.44. The van der Waals surface area contributed by atoms with Crippen LogP contribution in [-0.4, -0.2) is 25.1 Å². The summed E-state index contributed by atoms with van der Waals surface area (Å²) in [5.74, 6) is 0.523. The van der Waals surface area contributed by atoms with E-state index in [0.29, 0.717) is 12.1 Å². The number of oxazole rings is 1. The molecule has 0 spiro atoms. The van der Waals surface area contributed by atoms with Crippen LogP contribution in [0.4, 0.5) is 0 Å². The highest BCUT2D eigenvalue weighted by molar-refractivity contribution is 7.99. The quantitative estimate of drug-likeness (QED) is 0.374. The first-order valence-corrected chi connectivity index (χ1v) is 9.81. The van der Waals surface area contributed by atoms with Crippen molar-refractivity contribution in [3.8, 4) is 5.69 Å². The van der Waals surface area contributed by atoms with Gasteiger partial charge in [-0.1, -0.05) is 41.6 Å². The molecule has 0 amide bonds. The molecule has 27 heavy (non-hydrogen) atoms. The molecule has 138 valence electrons. The maximum Gasteiger partial charge on any atom is 0.419 e. The minimum atomic E-state index is -0.306. The summed E-state index contributed by atoms with van der Waals surface area (Å²) in [6.45, 7) is 4.79. The first-order valence-electron chi connectivity index (χ1n) is 8.82. The molecule has 2 aromatic carbocycles. The molecule has 0 N–H and O–H groups in total. The van der Waals surface area contributed by atoms with E-state index in [2.05, 4.69) is 42.2 Å². The molecule has 0 saturated heterocycles. The normalized spacial score (nSPS) is 11.3. The third-order valence-electron chi connectivity index (χ3n) is 4.46. The van der Waals surface area contributed by atoms with Gasteiger partial charge in [0.1, 0.15) is 6.33 Å². The Morgan fingerprint density at radius 2 is 2.00 bits per heavy atom. The molecule has 7 heteroatoms. The fraction of sp³-hybridized carbons (Fsp3) is 0.250. The van der Waals surface area contributed by atoms with Gasteiger partial charge in [0.15, 0.2) is 10.7 Å². The topological polar surface area (TPSA) is 65.8 Å². The van der Waals surface area contributed by atoms with E-state index in [9.17, 15) is 4.79 Å². The molecule has 0 atom stereocenters. The molecule has 0 aliphatic carbocycles. The zero-order valence-electron chi connectivity index (χ0n) is 15.3. The molecule has 0 fully saturated rings. The van der Waals surface area contributed by atoms with E-state index < -0.39 is 0 Å². The zero-order valence-corrected chi connectivity index (χ0v) is 16.1. The van der Waals surface area contributed by atoms with Crippen molar-refractivity contribution in [3.05, 3.63) is 70.5 Å². The molecule has 2 heterocycles. The molecule has 0 bridgehead atoms. The fourth-order valence-corrected chi connectivity index (χ4v) is 4.02. The Hall–Kier alpha value is -2.80. The standard InChI is InChI=1S/C20H20N4O2S/c1-14-8-9-16(15(2)12-14)24-13-21-22-19(24)27-11-5-10-23-17-6-3-4-7-18(17)26-20(23)25/h3-4,6-9,12-13H,5,10-11H2,1-2H3. The van der Waals surface area contributed by atoms with E-state index in [1.165, 1.54) is 11.1 Å². The van der Waals surface area contributed by atoms with Crippen LogP contribution < -0.4 is 5.76 Å². The molecule has 0 radical (unpaired) electrons. The Balaban J connectivity index is 1.44. The minimum absolute atomic E-state index is 0.306. The van der Waals surface area contributed by atoms with Crippen LogP contribution in [-0.2, 0) is 6.54 Å². The van der Waals surface area contributed by atoms with Crippen molar-refractivity contribution in [3.63, 3.8) is 0 Å². The summed E-state index contributed by atoms with van der Waals surface area (Å²) < 4.78 is 8.97. The summed E-state index contributed by atoms with van der Waals surface area (Å²) in [4.78, 5) is 12.0. The number of para-hydroxylation sites is 2. The number of hydrogen-bond acceptors (Lipinski definition) is 5. The van der Waals surface area contributed by atoms with Crippen LogP contribution in [0.3, 0.4) is 0 Å². The predicted octanol–water partition coefficient (Wildman–Crippen LogP) is 3.97. The van der Waals surface area contributed by atoms with Gasteiger partial charge in [-0.2, -0.15) is 0 Å². The van der Waals surface area contributed by atoms with Gasteiger partial charge in [0.05, 0.1) is 11.2 Å². The molecule has 0 aliphatic rings. The number of aryl methyl sites for hydroxylation is 3. The van der Waals surface area contributed by atoms with Gasteiger partial charge in [-0.25, -0.2) is 4.79 Å². The average Bonchev–Trinajstić information content (AvgIpc) is 3.23. The minimum Gasteiger partial charge on any atom is -0.408 e.